The van der Waals surface area contributed by atoms with Gasteiger partial charge in [-0.1, -0.05) is 13.8 Å². The zero-order chi connectivity index (χ0) is 13.6. The SMILES string of the molecule is CN=C(NCCCCOCCOC)NCC(C)C.I. The monoisotopic (exact) mass is 387 g/mol. The van der Waals surface area contributed by atoms with Crippen LogP contribution in [0.1, 0.15) is 26.7 Å². The standard InChI is InChI=1S/C13H29N3O2.HI/c1-12(2)11-16-13(14-3)15-7-5-6-8-18-10-9-17-4;/h12H,5-11H2,1-4H3,(H2,14,15,16);1H. The van der Waals surface area contributed by atoms with Gasteiger partial charge in [0.15, 0.2) is 5.96 Å². The smallest absolute Gasteiger partial charge is 0.190 e. The maximum Gasteiger partial charge on any atom is 0.190 e. The minimum Gasteiger partial charge on any atom is -0.382 e. The lowest BCUT2D eigenvalue weighted by Crippen LogP contribution is -2.39. The number of hydrogen-bond donors (Lipinski definition) is 2. The van der Waals surface area contributed by atoms with Gasteiger partial charge in [-0.2, -0.15) is 0 Å². The summed E-state index contributed by atoms with van der Waals surface area (Å²) in [7, 11) is 3.48. The molecular formula is C13H30IN3O2. The van der Waals surface area contributed by atoms with E-state index in [1.54, 1.807) is 14.2 Å². The van der Waals surface area contributed by atoms with Crippen LogP contribution >= 0.6 is 24.0 Å². The van der Waals surface area contributed by atoms with Crippen LogP contribution in [0.3, 0.4) is 0 Å². The van der Waals surface area contributed by atoms with E-state index in [1.165, 1.54) is 0 Å². The number of halogens is 1. The third-order valence-electron chi connectivity index (χ3n) is 2.34. The Kier molecular flexibility index (Phi) is 17.8. The molecule has 19 heavy (non-hydrogen) atoms. The van der Waals surface area contributed by atoms with Crippen LogP contribution in [-0.2, 0) is 9.47 Å². The van der Waals surface area contributed by atoms with Crippen molar-refractivity contribution in [3.63, 3.8) is 0 Å². The molecule has 0 saturated carbocycles. The summed E-state index contributed by atoms with van der Waals surface area (Å²) in [5, 5.41) is 6.56. The molecule has 0 heterocycles. The van der Waals surface area contributed by atoms with Gasteiger partial charge in [0.25, 0.3) is 0 Å². The van der Waals surface area contributed by atoms with Gasteiger partial charge < -0.3 is 20.1 Å². The summed E-state index contributed by atoms with van der Waals surface area (Å²) in [6.07, 6.45) is 2.13. The van der Waals surface area contributed by atoms with E-state index in [9.17, 15) is 0 Å². The van der Waals surface area contributed by atoms with Crippen LogP contribution in [0.15, 0.2) is 4.99 Å². The highest BCUT2D eigenvalue weighted by atomic mass is 127. The average molecular weight is 387 g/mol. The topological polar surface area (TPSA) is 54.9 Å². The van der Waals surface area contributed by atoms with Crippen molar-refractivity contribution >= 4 is 29.9 Å². The molecule has 0 aromatic heterocycles. The van der Waals surface area contributed by atoms with Crippen LogP contribution in [0.5, 0.6) is 0 Å². The minimum absolute atomic E-state index is 0. The van der Waals surface area contributed by atoms with E-state index in [0.717, 1.165) is 38.5 Å². The minimum atomic E-state index is 0. The third-order valence-corrected chi connectivity index (χ3v) is 2.34. The van der Waals surface area contributed by atoms with Gasteiger partial charge in [0.2, 0.25) is 0 Å². The molecule has 2 N–H and O–H groups in total. The Balaban J connectivity index is 0. The van der Waals surface area contributed by atoms with Gasteiger partial charge >= 0.3 is 0 Å². The van der Waals surface area contributed by atoms with Crippen LogP contribution in [-0.4, -0.2) is 53.0 Å². The van der Waals surface area contributed by atoms with Crippen molar-refractivity contribution in [3.05, 3.63) is 0 Å². The van der Waals surface area contributed by atoms with Crippen LogP contribution in [0, 0.1) is 5.92 Å². The van der Waals surface area contributed by atoms with E-state index in [0.29, 0.717) is 19.1 Å². The Morgan fingerprint density at radius 3 is 2.42 bits per heavy atom. The van der Waals surface area contributed by atoms with Gasteiger partial charge in [-0.15, -0.1) is 24.0 Å². The van der Waals surface area contributed by atoms with E-state index in [1.807, 2.05) is 0 Å². The van der Waals surface area contributed by atoms with Gasteiger partial charge in [-0.05, 0) is 18.8 Å². The molecule has 0 aliphatic carbocycles. The average Bonchev–Trinajstić information content (AvgIpc) is 2.36. The van der Waals surface area contributed by atoms with E-state index in [2.05, 4.69) is 29.5 Å². The van der Waals surface area contributed by atoms with Crippen molar-refractivity contribution in [1.29, 1.82) is 0 Å². The number of methoxy groups -OCH3 is 1. The molecule has 0 aliphatic rings. The van der Waals surface area contributed by atoms with Crippen LogP contribution < -0.4 is 10.6 Å². The highest BCUT2D eigenvalue weighted by Crippen LogP contribution is 1.90. The largest absolute Gasteiger partial charge is 0.382 e. The fourth-order valence-electron chi connectivity index (χ4n) is 1.30. The van der Waals surface area contributed by atoms with Crippen LogP contribution in [0.2, 0.25) is 0 Å². The normalized spacial score (nSPS) is 11.3. The predicted octanol–water partition coefficient (Wildman–Crippen LogP) is 1.87. The van der Waals surface area contributed by atoms with Gasteiger partial charge in [0, 0.05) is 33.9 Å². The first kappa shape index (κ1) is 21.2. The first-order valence-electron chi connectivity index (χ1n) is 6.72. The summed E-state index contributed by atoms with van der Waals surface area (Å²) in [6.45, 7) is 8.37. The molecule has 0 spiro atoms. The zero-order valence-corrected chi connectivity index (χ0v) is 15.0. The summed E-state index contributed by atoms with van der Waals surface area (Å²) in [5.41, 5.74) is 0. The van der Waals surface area contributed by atoms with E-state index >= 15 is 0 Å². The number of ether oxygens (including phenoxy) is 2. The quantitative estimate of drug-likeness (QED) is 0.260. The molecule has 6 heteroatoms. The van der Waals surface area contributed by atoms with Crippen LogP contribution in [0.25, 0.3) is 0 Å². The predicted molar refractivity (Wildman–Crippen MR) is 91.5 cm³/mol. The van der Waals surface area contributed by atoms with Crippen molar-refractivity contribution in [2.24, 2.45) is 10.9 Å². The first-order chi connectivity index (χ1) is 8.70. The lowest BCUT2D eigenvalue weighted by molar-refractivity contribution is 0.0689. The number of rotatable bonds is 10. The Bertz CT molecular complexity index is 214. The molecule has 0 fully saturated rings. The molecular weight excluding hydrogens is 357 g/mol. The second-order valence-corrected chi connectivity index (χ2v) is 4.59. The van der Waals surface area contributed by atoms with Crippen molar-refractivity contribution in [3.8, 4) is 0 Å². The second kappa shape index (κ2) is 16.0. The molecule has 0 amide bonds. The molecule has 0 aromatic carbocycles. The van der Waals surface area contributed by atoms with Gasteiger partial charge in [-0.25, -0.2) is 0 Å². The van der Waals surface area contributed by atoms with E-state index < -0.39 is 0 Å². The molecule has 0 saturated heterocycles. The van der Waals surface area contributed by atoms with Gasteiger partial charge in [0.05, 0.1) is 13.2 Å². The Labute approximate surface area is 134 Å². The molecule has 0 bridgehead atoms. The lowest BCUT2D eigenvalue weighted by atomic mass is 10.2. The summed E-state index contributed by atoms with van der Waals surface area (Å²) in [4.78, 5) is 4.16. The molecule has 5 nitrogen and oxygen atoms in total. The number of hydrogen-bond acceptors (Lipinski definition) is 3. The van der Waals surface area contributed by atoms with Crippen molar-refractivity contribution in [2.45, 2.75) is 26.7 Å². The van der Waals surface area contributed by atoms with E-state index in [-0.39, 0.29) is 24.0 Å². The van der Waals surface area contributed by atoms with Gasteiger partial charge in [-0.3, -0.25) is 4.99 Å². The zero-order valence-electron chi connectivity index (χ0n) is 12.7. The van der Waals surface area contributed by atoms with E-state index in [4.69, 9.17) is 9.47 Å². The maximum absolute atomic E-state index is 5.39. The molecule has 0 unspecified atom stereocenters. The summed E-state index contributed by atoms with van der Waals surface area (Å²) >= 11 is 0. The lowest BCUT2D eigenvalue weighted by Gasteiger charge is -2.13. The van der Waals surface area contributed by atoms with Gasteiger partial charge in [0.1, 0.15) is 0 Å². The molecule has 0 radical (unpaired) electrons. The Morgan fingerprint density at radius 1 is 1.11 bits per heavy atom. The maximum atomic E-state index is 5.39. The molecule has 0 aromatic rings. The molecule has 0 rings (SSSR count). The summed E-state index contributed by atoms with van der Waals surface area (Å²) < 4.78 is 10.3. The number of guanidine groups is 1. The highest BCUT2D eigenvalue weighted by Gasteiger charge is 1.98. The van der Waals surface area contributed by atoms with Crippen LogP contribution in [0.4, 0.5) is 0 Å². The molecule has 116 valence electrons. The first-order valence-corrected chi connectivity index (χ1v) is 6.72. The summed E-state index contributed by atoms with van der Waals surface area (Å²) in [5.74, 6) is 1.50. The van der Waals surface area contributed by atoms with Crippen molar-refractivity contribution in [2.75, 3.05) is 47.1 Å². The fourth-order valence-corrected chi connectivity index (χ4v) is 1.30. The molecule has 0 atom stereocenters. The second-order valence-electron chi connectivity index (χ2n) is 4.59. The number of nitrogens with one attached hydrogen (secondary N) is 2. The highest BCUT2D eigenvalue weighted by molar-refractivity contribution is 14.0. The van der Waals surface area contributed by atoms with Crippen molar-refractivity contribution in [1.82, 2.24) is 10.6 Å². The third kappa shape index (κ3) is 15.9. The van der Waals surface area contributed by atoms with Crippen molar-refractivity contribution < 1.29 is 9.47 Å². The number of unbranched alkanes of at least 4 members (excludes halogenated alkanes) is 1. The molecule has 0 aliphatic heterocycles. The number of aliphatic imine (C=N–C) groups is 1. The fraction of sp³-hybridized carbons (Fsp3) is 0.923. The Morgan fingerprint density at radius 2 is 1.84 bits per heavy atom. The number of nitrogens with zero attached hydrogens (tertiary/aromatic N) is 1. The summed E-state index contributed by atoms with van der Waals surface area (Å²) in [6, 6.07) is 0. The Hall–Kier alpha value is -0.0800.